The highest BCUT2D eigenvalue weighted by molar-refractivity contribution is 6.01. The lowest BCUT2D eigenvalue weighted by Crippen LogP contribution is -2.39. The Morgan fingerprint density at radius 3 is 2.29 bits per heavy atom. The molecule has 0 spiro atoms. The summed E-state index contributed by atoms with van der Waals surface area (Å²) in [5.74, 6) is -0.241. The number of nitrogens with zero attached hydrogens (tertiary/aromatic N) is 2. The van der Waals surface area contributed by atoms with E-state index in [4.69, 9.17) is 0 Å². The van der Waals surface area contributed by atoms with E-state index in [1.165, 1.54) is 0 Å². The van der Waals surface area contributed by atoms with Crippen LogP contribution < -0.4 is 4.90 Å². The molecule has 4 nitrogen and oxygen atoms in total. The summed E-state index contributed by atoms with van der Waals surface area (Å²) in [6, 6.07) is 18.1. The molecule has 1 fully saturated rings. The van der Waals surface area contributed by atoms with Crippen molar-refractivity contribution in [3.8, 4) is 0 Å². The fourth-order valence-corrected chi connectivity index (χ4v) is 3.71. The van der Waals surface area contributed by atoms with Crippen molar-refractivity contribution in [2.24, 2.45) is 11.8 Å². The standard InChI is InChI=1S/C24H30N2O2/c1-5-25(20-13-9-10-18(4)14-20)23(27)21-15-22(21)24(28)26(17(2)3)16-19-11-7-6-8-12-19/h6-14,17,21-22H,5,15-16H2,1-4H3. The topological polar surface area (TPSA) is 40.6 Å². The minimum Gasteiger partial charge on any atom is -0.336 e. The molecule has 0 bridgehead atoms. The van der Waals surface area contributed by atoms with E-state index in [1.54, 1.807) is 0 Å². The summed E-state index contributed by atoms with van der Waals surface area (Å²) in [6.07, 6.45) is 0.651. The maximum atomic E-state index is 13.1. The van der Waals surface area contributed by atoms with Gasteiger partial charge in [-0.2, -0.15) is 0 Å². The van der Waals surface area contributed by atoms with Crippen LogP contribution in [-0.4, -0.2) is 29.3 Å². The van der Waals surface area contributed by atoms with Crippen molar-refractivity contribution in [1.29, 1.82) is 0 Å². The first-order chi connectivity index (χ1) is 13.4. The molecular weight excluding hydrogens is 348 g/mol. The summed E-state index contributed by atoms with van der Waals surface area (Å²) in [4.78, 5) is 29.9. The van der Waals surface area contributed by atoms with Crippen LogP contribution in [0.2, 0.25) is 0 Å². The van der Waals surface area contributed by atoms with Gasteiger partial charge in [0.1, 0.15) is 0 Å². The lowest BCUT2D eigenvalue weighted by molar-refractivity contribution is -0.136. The molecule has 1 saturated carbocycles. The van der Waals surface area contributed by atoms with Gasteiger partial charge in [0, 0.05) is 24.8 Å². The fourth-order valence-electron chi connectivity index (χ4n) is 3.71. The zero-order valence-electron chi connectivity index (χ0n) is 17.3. The summed E-state index contributed by atoms with van der Waals surface area (Å²) in [7, 11) is 0. The average Bonchev–Trinajstić information content (AvgIpc) is 3.48. The number of amides is 2. The van der Waals surface area contributed by atoms with E-state index in [2.05, 4.69) is 0 Å². The summed E-state index contributed by atoms with van der Waals surface area (Å²) in [6.45, 7) is 9.27. The second-order valence-corrected chi connectivity index (χ2v) is 7.92. The van der Waals surface area contributed by atoms with Gasteiger partial charge in [-0.3, -0.25) is 9.59 Å². The third-order valence-corrected chi connectivity index (χ3v) is 5.42. The van der Waals surface area contributed by atoms with E-state index >= 15 is 0 Å². The van der Waals surface area contributed by atoms with Crippen LogP contribution in [-0.2, 0) is 16.1 Å². The molecule has 28 heavy (non-hydrogen) atoms. The van der Waals surface area contributed by atoms with Gasteiger partial charge in [0.05, 0.1) is 11.8 Å². The molecule has 2 aromatic rings. The molecule has 0 aliphatic heterocycles. The van der Waals surface area contributed by atoms with E-state index in [-0.39, 0.29) is 29.7 Å². The molecule has 0 radical (unpaired) electrons. The summed E-state index contributed by atoms with van der Waals surface area (Å²) < 4.78 is 0. The van der Waals surface area contributed by atoms with E-state index < -0.39 is 0 Å². The van der Waals surface area contributed by atoms with Crippen molar-refractivity contribution in [2.75, 3.05) is 11.4 Å². The minimum absolute atomic E-state index is 0.0647. The number of aryl methyl sites for hydroxylation is 1. The lowest BCUT2D eigenvalue weighted by atomic mass is 10.1. The van der Waals surface area contributed by atoms with Crippen LogP contribution in [0.4, 0.5) is 5.69 Å². The van der Waals surface area contributed by atoms with Gasteiger partial charge in [-0.1, -0.05) is 42.5 Å². The molecule has 0 N–H and O–H groups in total. The summed E-state index contributed by atoms with van der Waals surface area (Å²) in [5.41, 5.74) is 3.15. The monoisotopic (exact) mass is 378 g/mol. The van der Waals surface area contributed by atoms with E-state index in [1.807, 2.05) is 92.1 Å². The molecule has 1 aliphatic carbocycles. The van der Waals surface area contributed by atoms with Crippen molar-refractivity contribution < 1.29 is 9.59 Å². The van der Waals surface area contributed by atoms with E-state index in [0.29, 0.717) is 19.5 Å². The van der Waals surface area contributed by atoms with Crippen LogP contribution in [0.25, 0.3) is 0 Å². The number of benzene rings is 2. The van der Waals surface area contributed by atoms with Crippen molar-refractivity contribution in [3.63, 3.8) is 0 Å². The molecular formula is C24H30N2O2. The van der Waals surface area contributed by atoms with Gasteiger partial charge in [-0.05, 0) is 57.4 Å². The van der Waals surface area contributed by atoms with E-state index in [9.17, 15) is 9.59 Å². The SMILES string of the molecule is CCN(C(=O)C1CC1C(=O)N(Cc1ccccc1)C(C)C)c1cccc(C)c1. The predicted molar refractivity (Wildman–Crippen MR) is 113 cm³/mol. The Bertz CT molecular complexity index is 832. The Hall–Kier alpha value is -2.62. The van der Waals surface area contributed by atoms with Crippen LogP contribution in [0.5, 0.6) is 0 Å². The Balaban J connectivity index is 1.69. The Labute approximate surface area is 168 Å². The third-order valence-electron chi connectivity index (χ3n) is 5.42. The molecule has 0 aromatic heterocycles. The first-order valence-electron chi connectivity index (χ1n) is 10.1. The van der Waals surface area contributed by atoms with Crippen molar-refractivity contribution in [1.82, 2.24) is 4.90 Å². The van der Waals surface area contributed by atoms with Gasteiger partial charge in [-0.25, -0.2) is 0 Å². The molecule has 2 unspecified atom stereocenters. The Kier molecular flexibility index (Phi) is 6.18. The van der Waals surface area contributed by atoms with Gasteiger partial charge in [0.25, 0.3) is 0 Å². The molecule has 2 amide bonds. The normalized spacial score (nSPS) is 18.0. The van der Waals surface area contributed by atoms with Gasteiger partial charge in [0.15, 0.2) is 0 Å². The number of hydrogen-bond donors (Lipinski definition) is 0. The lowest BCUT2D eigenvalue weighted by Gasteiger charge is -2.27. The number of rotatable bonds is 7. The molecule has 2 atom stereocenters. The summed E-state index contributed by atoms with van der Waals surface area (Å²) in [5, 5.41) is 0. The highest BCUT2D eigenvalue weighted by Crippen LogP contribution is 2.42. The smallest absolute Gasteiger partial charge is 0.230 e. The molecule has 4 heteroatoms. The van der Waals surface area contributed by atoms with Crippen LogP contribution in [0.3, 0.4) is 0 Å². The van der Waals surface area contributed by atoms with Crippen LogP contribution in [0, 0.1) is 18.8 Å². The zero-order chi connectivity index (χ0) is 20.3. The van der Waals surface area contributed by atoms with Crippen molar-refractivity contribution in [3.05, 3.63) is 65.7 Å². The molecule has 2 aromatic carbocycles. The average molecular weight is 379 g/mol. The second kappa shape index (κ2) is 8.59. The van der Waals surface area contributed by atoms with Gasteiger partial charge in [-0.15, -0.1) is 0 Å². The zero-order valence-corrected chi connectivity index (χ0v) is 17.3. The molecule has 1 aliphatic rings. The number of anilines is 1. The van der Waals surface area contributed by atoms with Crippen molar-refractivity contribution in [2.45, 2.75) is 46.7 Å². The minimum atomic E-state index is -0.204. The van der Waals surface area contributed by atoms with Crippen LogP contribution >= 0.6 is 0 Å². The molecule has 0 heterocycles. The second-order valence-electron chi connectivity index (χ2n) is 7.92. The van der Waals surface area contributed by atoms with Gasteiger partial charge < -0.3 is 9.80 Å². The Morgan fingerprint density at radius 1 is 1.00 bits per heavy atom. The highest BCUT2D eigenvalue weighted by Gasteiger charge is 2.51. The quantitative estimate of drug-likeness (QED) is 0.715. The first kappa shape index (κ1) is 20.1. The number of carbonyl (C=O) groups is 2. The summed E-state index contributed by atoms with van der Waals surface area (Å²) >= 11 is 0. The maximum Gasteiger partial charge on any atom is 0.230 e. The first-order valence-corrected chi connectivity index (χ1v) is 10.1. The fraction of sp³-hybridized carbons (Fsp3) is 0.417. The Morgan fingerprint density at radius 2 is 1.68 bits per heavy atom. The van der Waals surface area contributed by atoms with Crippen LogP contribution in [0.1, 0.15) is 38.3 Å². The molecule has 148 valence electrons. The van der Waals surface area contributed by atoms with Gasteiger partial charge in [0.2, 0.25) is 11.8 Å². The van der Waals surface area contributed by atoms with Gasteiger partial charge >= 0.3 is 0 Å². The molecule has 3 rings (SSSR count). The third kappa shape index (κ3) is 4.44. The van der Waals surface area contributed by atoms with Crippen LogP contribution in [0.15, 0.2) is 54.6 Å². The number of carbonyl (C=O) groups excluding carboxylic acids is 2. The largest absolute Gasteiger partial charge is 0.336 e. The van der Waals surface area contributed by atoms with Crippen molar-refractivity contribution >= 4 is 17.5 Å². The van der Waals surface area contributed by atoms with E-state index in [0.717, 1.165) is 16.8 Å². The highest BCUT2D eigenvalue weighted by atomic mass is 16.2. The predicted octanol–water partition coefficient (Wildman–Crippen LogP) is 4.42. The number of hydrogen-bond acceptors (Lipinski definition) is 2. The molecule has 0 saturated heterocycles. The maximum absolute atomic E-state index is 13.1.